The lowest BCUT2D eigenvalue weighted by Gasteiger charge is -2.44. The third kappa shape index (κ3) is 3.54. The number of aliphatic hydroxyl groups excluding tert-OH is 1. The fraction of sp³-hybridized carbons (Fsp3) is 0.714. The van der Waals surface area contributed by atoms with Gasteiger partial charge in [-0.25, -0.2) is 0 Å². The smallest absolute Gasteiger partial charge is 0.106 e. The Kier molecular flexibility index (Phi) is 5.49. The van der Waals surface area contributed by atoms with Gasteiger partial charge in [0.2, 0.25) is 0 Å². The number of allylic oxidation sites excluding steroid dienone is 2. The zero-order valence-electron chi connectivity index (χ0n) is 16.0. The topological polar surface area (TPSA) is 42.0 Å². The van der Waals surface area contributed by atoms with E-state index in [2.05, 4.69) is 46.1 Å². The second kappa shape index (κ2) is 6.78. The number of epoxide rings is 1. The van der Waals surface area contributed by atoms with Gasteiger partial charge in [-0.15, -0.1) is 6.58 Å². The molecule has 136 valence electrons. The second-order valence-electron chi connectivity index (χ2n) is 8.34. The number of ether oxygens (including phenoxy) is 2. The molecule has 0 aromatic rings. The molecule has 1 heterocycles. The molecule has 24 heavy (non-hydrogen) atoms. The first-order valence-electron chi connectivity index (χ1n) is 8.96. The molecule has 0 aromatic heterocycles. The number of rotatable bonds is 7. The Labute approximate surface area is 147 Å². The van der Waals surface area contributed by atoms with Crippen LogP contribution in [0.4, 0.5) is 0 Å². The SMILES string of the molecule is C=C[C@@]1(C)CC[C@H]([C@@]2(C)O[C@H]2/C=C/[C@@](C)(CO)OC)C[C@@H]1C(=C)C. The van der Waals surface area contributed by atoms with Crippen LogP contribution in [-0.2, 0) is 9.47 Å². The quantitative estimate of drug-likeness (QED) is 0.558. The lowest BCUT2D eigenvalue weighted by molar-refractivity contribution is 0.000180. The van der Waals surface area contributed by atoms with Gasteiger partial charge in [-0.05, 0) is 57.3 Å². The summed E-state index contributed by atoms with van der Waals surface area (Å²) in [6, 6.07) is 0. The molecular weight excluding hydrogens is 300 g/mol. The highest BCUT2D eigenvalue weighted by Gasteiger charge is 2.58. The molecular formula is C21H34O3. The van der Waals surface area contributed by atoms with Crippen molar-refractivity contribution in [2.45, 2.75) is 64.3 Å². The Hall–Kier alpha value is -0.900. The summed E-state index contributed by atoms with van der Waals surface area (Å²) in [6.45, 7) is 16.8. The van der Waals surface area contributed by atoms with E-state index in [-0.39, 0.29) is 23.7 Å². The van der Waals surface area contributed by atoms with Gasteiger partial charge in [-0.1, -0.05) is 37.3 Å². The molecule has 0 bridgehead atoms. The van der Waals surface area contributed by atoms with Crippen LogP contribution in [-0.4, -0.2) is 36.1 Å². The fourth-order valence-corrected chi connectivity index (χ4v) is 4.13. The molecule has 1 aliphatic heterocycles. The summed E-state index contributed by atoms with van der Waals surface area (Å²) >= 11 is 0. The summed E-state index contributed by atoms with van der Waals surface area (Å²) in [5, 5.41) is 9.44. The predicted molar refractivity (Wildman–Crippen MR) is 98.9 cm³/mol. The molecule has 1 aliphatic carbocycles. The molecule has 0 radical (unpaired) electrons. The standard InChI is InChI=1S/C21H34O3/c1-8-19(4)11-9-16(13-17(19)15(2)3)21(6)18(24-21)10-12-20(5,14-22)23-7/h8,10,12,16-18,22H,1-2,9,11,13-14H2,3-7H3/b12-10+/t16-,17+,18-,19-,20-,21+/m0/s1. The van der Waals surface area contributed by atoms with E-state index >= 15 is 0 Å². The zero-order valence-corrected chi connectivity index (χ0v) is 16.0. The van der Waals surface area contributed by atoms with Crippen molar-refractivity contribution >= 4 is 0 Å². The van der Waals surface area contributed by atoms with Gasteiger partial charge < -0.3 is 14.6 Å². The van der Waals surface area contributed by atoms with Crippen molar-refractivity contribution in [2.75, 3.05) is 13.7 Å². The van der Waals surface area contributed by atoms with Crippen LogP contribution in [0.1, 0.15) is 47.0 Å². The molecule has 0 spiro atoms. The minimum absolute atomic E-state index is 0.0394. The lowest BCUT2D eigenvalue weighted by atomic mass is 9.60. The minimum atomic E-state index is -0.638. The Morgan fingerprint density at radius 3 is 2.62 bits per heavy atom. The van der Waals surface area contributed by atoms with Crippen LogP contribution in [0, 0.1) is 17.3 Å². The van der Waals surface area contributed by atoms with Crippen molar-refractivity contribution in [2.24, 2.45) is 17.3 Å². The zero-order chi connectivity index (χ0) is 18.2. The van der Waals surface area contributed by atoms with Crippen LogP contribution < -0.4 is 0 Å². The van der Waals surface area contributed by atoms with Crippen LogP contribution in [0.5, 0.6) is 0 Å². The summed E-state index contributed by atoms with van der Waals surface area (Å²) < 4.78 is 11.4. The van der Waals surface area contributed by atoms with Gasteiger partial charge in [-0.3, -0.25) is 0 Å². The Morgan fingerprint density at radius 1 is 1.46 bits per heavy atom. The van der Waals surface area contributed by atoms with Crippen LogP contribution >= 0.6 is 0 Å². The van der Waals surface area contributed by atoms with Crippen molar-refractivity contribution in [3.8, 4) is 0 Å². The molecule has 3 heteroatoms. The Balaban J connectivity index is 2.07. The molecule has 6 atom stereocenters. The third-order valence-corrected chi connectivity index (χ3v) is 6.51. The molecule has 0 aromatic carbocycles. The van der Waals surface area contributed by atoms with E-state index in [0.717, 1.165) is 19.3 Å². The van der Waals surface area contributed by atoms with Crippen LogP contribution in [0.2, 0.25) is 0 Å². The summed E-state index contributed by atoms with van der Waals surface area (Å²) in [7, 11) is 1.61. The van der Waals surface area contributed by atoms with E-state index in [1.54, 1.807) is 7.11 Å². The van der Waals surface area contributed by atoms with Crippen molar-refractivity contribution in [1.82, 2.24) is 0 Å². The van der Waals surface area contributed by atoms with Crippen LogP contribution in [0.15, 0.2) is 37.0 Å². The maximum atomic E-state index is 9.44. The van der Waals surface area contributed by atoms with Crippen molar-refractivity contribution in [3.63, 3.8) is 0 Å². The molecule has 1 saturated heterocycles. The van der Waals surface area contributed by atoms with E-state index < -0.39 is 5.60 Å². The largest absolute Gasteiger partial charge is 0.393 e. The first kappa shape index (κ1) is 19.4. The number of aliphatic hydroxyl groups is 1. The summed E-state index contributed by atoms with van der Waals surface area (Å²) in [6.07, 6.45) is 9.56. The first-order valence-corrected chi connectivity index (χ1v) is 8.96. The summed E-state index contributed by atoms with van der Waals surface area (Å²) in [5.41, 5.74) is 0.633. The molecule has 3 nitrogen and oxygen atoms in total. The maximum Gasteiger partial charge on any atom is 0.106 e. The highest BCUT2D eigenvalue weighted by atomic mass is 16.6. The van der Waals surface area contributed by atoms with E-state index in [0.29, 0.717) is 11.8 Å². The van der Waals surface area contributed by atoms with Gasteiger partial charge in [0.15, 0.2) is 0 Å². The molecule has 2 fully saturated rings. The van der Waals surface area contributed by atoms with Crippen molar-refractivity contribution in [1.29, 1.82) is 0 Å². The van der Waals surface area contributed by atoms with Crippen molar-refractivity contribution in [3.05, 3.63) is 37.0 Å². The van der Waals surface area contributed by atoms with Gasteiger partial charge in [0.25, 0.3) is 0 Å². The molecule has 2 rings (SSSR count). The third-order valence-electron chi connectivity index (χ3n) is 6.51. The highest BCUT2D eigenvalue weighted by Crippen LogP contribution is 2.55. The van der Waals surface area contributed by atoms with Crippen LogP contribution in [0.3, 0.4) is 0 Å². The van der Waals surface area contributed by atoms with E-state index in [1.807, 2.05) is 13.0 Å². The van der Waals surface area contributed by atoms with Crippen molar-refractivity contribution < 1.29 is 14.6 Å². The maximum absolute atomic E-state index is 9.44. The van der Waals surface area contributed by atoms with E-state index in [9.17, 15) is 5.11 Å². The predicted octanol–water partition coefficient (Wildman–Crippen LogP) is 4.28. The Bertz CT molecular complexity index is 519. The normalized spacial score (nSPS) is 41.8. The Morgan fingerprint density at radius 2 is 2.12 bits per heavy atom. The van der Waals surface area contributed by atoms with E-state index in [1.165, 1.54) is 5.57 Å². The lowest BCUT2D eigenvalue weighted by Crippen LogP contribution is -2.38. The van der Waals surface area contributed by atoms with Gasteiger partial charge in [0.05, 0.1) is 12.2 Å². The average molecular weight is 335 g/mol. The second-order valence-corrected chi connectivity index (χ2v) is 8.34. The molecule has 1 saturated carbocycles. The first-order chi connectivity index (χ1) is 11.1. The number of methoxy groups -OCH3 is 1. The minimum Gasteiger partial charge on any atom is -0.393 e. The number of hydrogen-bond donors (Lipinski definition) is 1. The van der Waals surface area contributed by atoms with Gasteiger partial charge in [0.1, 0.15) is 11.7 Å². The molecule has 0 amide bonds. The van der Waals surface area contributed by atoms with E-state index in [4.69, 9.17) is 9.47 Å². The van der Waals surface area contributed by atoms with Gasteiger partial charge in [-0.2, -0.15) is 0 Å². The fourth-order valence-electron chi connectivity index (χ4n) is 4.13. The van der Waals surface area contributed by atoms with Gasteiger partial charge in [0, 0.05) is 7.11 Å². The highest BCUT2D eigenvalue weighted by molar-refractivity contribution is 5.20. The molecule has 1 N–H and O–H groups in total. The summed E-state index contributed by atoms with van der Waals surface area (Å²) in [4.78, 5) is 0. The number of hydrogen-bond acceptors (Lipinski definition) is 3. The molecule has 2 aliphatic rings. The average Bonchev–Trinajstić information content (AvgIpc) is 3.24. The summed E-state index contributed by atoms with van der Waals surface area (Å²) in [5.74, 6) is 0.978. The monoisotopic (exact) mass is 334 g/mol. The van der Waals surface area contributed by atoms with Gasteiger partial charge >= 0.3 is 0 Å². The molecule has 0 unspecified atom stereocenters. The van der Waals surface area contributed by atoms with Crippen LogP contribution in [0.25, 0.3) is 0 Å².